The molecule has 0 fully saturated rings. The van der Waals surface area contributed by atoms with Gasteiger partial charge >= 0.3 is 0 Å². The molecule has 0 aromatic carbocycles. The Hall–Kier alpha value is -1.13. The molecule has 0 radical (unpaired) electrons. The van der Waals surface area contributed by atoms with Crippen molar-refractivity contribution >= 4 is 0 Å². The molecule has 0 bridgehead atoms. The first-order valence-electron chi connectivity index (χ1n) is 6.54. The summed E-state index contributed by atoms with van der Waals surface area (Å²) in [5, 5.41) is 12.1. The molecule has 0 saturated heterocycles. The molecule has 0 aliphatic rings. The van der Waals surface area contributed by atoms with E-state index in [0.29, 0.717) is 25.5 Å². The summed E-state index contributed by atoms with van der Waals surface area (Å²) in [5.74, 6) is 1.43. The van der Waals surface area contributed by atoms with Crippen molar-refractivity contribution in [2.75, 3.05) is 19.8 Å². The van der Waals surface area contributed by atoms with Gasteiger partial charge in [-0.15, -0.1) is 0 Å². The van der Waals surface area contributed by atoms with Crippen LogP contribution in [0.1, 0.15) is 31.7 Å². The van der Waals surface area contributed by atoms with E-state index in [1.165, 1.54) is 0 Å². The highest BCUT2D eigenvalue weighted by atomic mass is 16.5. The Kier molecular flexibility index (Phi) is 6.68. The van der Waals surface area contributed by atoms with Crippen molar-refractivity contribution in [2.24, 2.45) is 5.92 Å². The Morgan fingerprint density at radius 1 is 1.39 bits per heavy atom. The SMILES string of the molecule is Cc1ccc(OCCCO)c(CNCC(C)C)n1. The topological polar surface area (TPSA) is 54.4 Å². The monoisotopic (exact) mass is 252 g/mol. The van der Waals surface area contributed by atoms with Gasteiger partial charge in [-0.2, -0.15) is 0 Å². The van der Waals surface area contributed by atoms with Crippen LogP contribution < -0.4 is 10.1 Å². The van der Waals surface area contributed by atoms with Gasteiger partial charge in [0.05, 0.1) is 12.3 Å². The second kappa shape index (κ2) is 8.06. The third-order valence-corrected chi connectivity index (χ3v) is 2.48. The van der Waals surface area contributed by atoms with Crippen LogP contribution in [0.15, 0.2) is 12.1 Å². The number of nitrogens with one attached hydrogen (secondary N) is 1. The van der Waals surface area contributed by atoms with Crippen molar-refractivity contribution in [1.29, 1.82) is 0 Å². The molecule has 18 heavy (non-hydrogen) atoms. The minimum absolute atomic E-state index is 0.153. The molecule has 0 saturated carbocycles. The Balaban J connectivity index is 2.58. The molecular formula is C14H24N2O2. The zero-order valence-corrected chi connectivity index (χ0v) is 11.6. The van der Waals surface area contributed by atoms with Crippen LogP contribution in [0.3, 0.4) is 0 Å². The second-order valence-corrected chi connectivity index (χ2v) is 4.85. The maximum atomic E-state index is 8.75. The first kappa shape index (κ1) is 14.9. The number of hydrogen-bond acceptors (Lipinski definition) is 4. The predicted octanol–water partition coefficient (Wildman–Crippen LogP) is 1.90. The molecule has 4 heteroatoms. The molecule has 0 spiro atoms. The van der Waals surface area contributed by atoms with Crippen molar-refractivity contribution < 1.29 is 9.84 Å². The number of nitrogens with zero attached hydrogens (tertiary/aromatic N) is 1. The number of ether oxygens (including phenoxy) is 1. The fourth-order valence-electron chi connectivity index (χ4n) is 1.58. The summed E-state index contributed by atoms with van der Waals surface area (Å²) in [7, 11) is 0. The summed E-state index contributed by atoms with van der Waals surface area (Å²) < 4.78 is 5.63. The maximum absolute atomic E-state index is 8.75. The van der Waals surface area contributed by atoms with E-state index in [2.05, 4.69) is 24.1 Å². The molecule has 0 atom stereocenters. The van der Waals surface area contributed by atoms with Gasteiger partial charge in [0, 0.05) is 25.3 Å². The Bertz CT molecular complexity index is 354. The molecule has 1 rings (SSSR count). The summed E-state index contributed by atoms with van der Waals surface area (Å²) in [6.45, 7) is 8.69. The molecular weight excluding hydrogens is 228 g/mol. The van der Waals surface area contributed by atoms with E-state index in [-0.39, 0.29) is 6.61 Å². The lowest BCUT2D eigenvalue weighted by molar-refractivity contribution is 0.231. The van der Waals surface area contributed by atoms with Crippen molar-refractivity contribution in [3.05, 3.63) is 23.5 Å². The number of aromatic nitrogens is 1. The molecule has 0 aliphatic heterocycles. The van der Waals surface area contributed by atoms with Gasteiger partial charge in [0.2, 0.25) is 0 Å². The van der Waals surface area contributed by atoms with Gasteiger partial charge in [-0.1, -0.05) is 13.8 Å². The number of rotatable bonds is 8. The van der Waals surface area contributed by atoms with Crippen LogP contribution in [-0.2, 0) is 6.54 Å². The molecule has 1 heterocycles. The maximum Gasteiger partial charge on any atom is 0.142 e. The number of aliphatic hydroxyl groups is 1. The van der Waals surface area contributed by atoms with Crippen LogP contribution in [0.25, 0.3) is 0 Å². The molecule has 0 amide bonds. The van der Waals surface area contributed by atoms with Gasteiger partial charge in [0.1, 0.15) is 5.75 Å². The van der Waals surface area contributed by atoms with Crippen LogP contribution in [0.2, 0.25) is 0 Å². The zero-order valence-electron chi connectivity index (χ0n) is 11.6. The number of hydrogen-bond donors (Lipinski definition) is 2. The average molecular weight is 252 g/mol. The molecule has 102 valence electrons. The number of aryl methyl sites for hydroxylation is 1. The summed E-state index contributed by atoms with van der Waals surface area (Å²) in [4.78, 5) is 4.50. The molecule has 0 aliphatic carbocycles. The molecule has 0 unspecified atom stereocenters. The fraction of sp³-hybridized carbons (Fsp3) is 0.643. The van der Waals surface area contributed by atoms with Crippen LogP contribution in [0, 0.1) is 12.8 Å². The summed E-state index contributed by atoms with van der Waals surface area (Å²) in [5.41, 5.74) is 1.93. The van der Waals surface area contributed by atoms with Gasteiger partial charge in [-0.3, -0.25) is 4.98 Å². The number of aliphatic hydroxyl groups excluding tert-OH is 1. The lowest BCUT2D eigenvalue weighted by Crippen LogP contribution is -2.20. The lowest BCUT2D eigenvalue weighted by Gasteiger charge is -2.12. The van der Waals surface area contributed by atoms with Gasteiger partial charge in [0.25, 0.3) is 0 Å². The first-order valence-corrected chi connectivity index (χ1v) is 6.54. The summed E-state index contributed by atoms with van der Waals surface area (Å²) >= 11 is 0. The molecule has 1 aromatic rings. The van der Waals surface area contributed by atoms with Crippen molar-refractivity contribution in [3.63, 3.8) is 0 Å². The smallest absolute Gasteiger partial charge is 0.142 e. The number of pyridine rings is 1. The highest BCUT2D eigenvalue weighted by Crippen LogP contribution is 2.17. The molecule has 4 nitrogen and oxygen atoms in total. The van der Waals surface area contributed by atoms with E-state index in [0.717, 1.165) is 23.7 Å². The summed E-state index contributed by atoms with van der Waals surface area (Å²) in [6.07, 6.45) is 0.646. The molecule has 1 aromatic heterocycles. The van der Waals surface area contributed by atoms with Gasteiger partial charge in [-0.25, -0.2) is 0 Å². The van der Waals surface area contributed by atoms with E-state index in [9.17, 15) is 0 Å². The van der Waals surface area contributed by atoms with Gasteiger partial charge in [-0.05, 0) is 31.5 Å². The third kappa shape index (κ3) is 5.47. The van der Waals surface area contributed by atoms with E-state index in [4.69, 9.17) is 9.84 Å². The third-order valence-electron chi connectivity index (χ3n) is 2.48. The van der Waals surface area contributed by atoms with E-state index in [1.807, 2.05) is 19.1 Å². The average Bonchev–Trinajstić information content (AvgIpc) is 2.31. The molecule has 2 N–H and O–H groups in total. The first-order chi connectivity index (χ1) is 8.63. The second-order valence-electron chi connectivity index (χ2n) is 4.85. The largest absolute Gasteiger partial charge is 0.492 e. The highest BCUT2D eigenvalue weighted by molar-refractivity contribution is 5.29. The normalized spacial score (nSPS) is 10.9. The zero-order chi connectivity index (χ0) is 13.4. The quantitative estimate of drug-likeness (QED) is 0.694. The van der Waals surface area contributed by atoms with Gasteiger partial charge in [0.15, 0.2) is 0 Å². The minimum Gasteiger partial charge on any atom is -0.492 e. The van der Waals surface area contributed by atoms with Crippen molar-refractivity contribution in [2.45, 2.75) is 33.7 Å². The van der Waals surface area contributed by atoms with Crippen molar-refractivity contribution in [1.82, 2.24) is 10.3 Å². The Morgan fingerprint density at radius 2 is 2.17 bits per heavy atom. The van der Waals surface area contributed by atoms with E-state index < -0.39 is 0 Å². The fourth-order valence-corrected chi connectivity index (χ4v) is 1.58. The Morgan fingerprint density at radius 3 is 2.83 bits per heavy atom. The van der Waals surface area contributed by atoms with E-state index in [1.54, 1.807) is 0 Å². The highest BCUT2D eigenvalue weighted by Gasteiger charge is 2.06. The standard InChI is InChI=1S/C14H24N2O2/c1-11(2)9-15-10-13-14(18-8-4-7-17)6-5-12(3)16-13/h5-6,11,15,17H,4,7-10H2,1-3H3. The van der Waals surface area contributed by atoms with Crippen LogP contribution in [0.4, 0.5) is 0 Å². The van der Waals surface area contributed by atoms with Crippen LogP contribution in [-0.4, -0.2) is 29.8 Å². The van der Waals surface area contributed by atoms with Crippen LogP contribution in [0.5, 0.6) is 5.75 Å². The van der Waals surface area contributed by atoms with E-state index >= 15 is 0 Å². The van der Waals surface area contributed by atoms with Crippen molar-refractivity contribution in [3.8, 4) is 5.75 Å². The van der Waals surface area contributed by atoms with Crippen LogP contribution >= 0.6 is 0 Å². The minimum atomic E-state index is 0.153. The Labute approximate surface area is 109 Å². The summed E-state index contributed by atoms with van der Waals surface area (Å²) in [6, 6.07) is 3.90. The lowest BCUT2D eigenvalue weighted by atomic mass is 10.2. The predicted molar refractivity (Wildman–Crippen MR) is 72.7 cm³/mol. The van der Waals surface area contributed by atoms with Gasteiger partial charge < -0.3 is 15.2 Å².